The Morgan fingerprint density at radius 1 is 1.22 bits per heavy atom. The van der Waals surface area contributed by atoms with E-state index in [0.717, 1.165) is 5.75 Å². The molecular weight excluding hydrogens is 260 g/mol. The molecular formula is C9H18N4O4S. The summed E-state index contributed by atoms with van der Waals surface area (Å²) in [7, 11) is 1.60. The molecule has 0 radical (unpaired) electrons. The average Bonchev–Trinajstić information content (AvgIpc) is 2.36. The van der Waals surface area contributed by atoms with Gasteiger partial charge in [0, 0.05) is 19.3 Å². The third-order valence-electron chi connectivity index (χ3n) is 1.35. The van der Waals surface area contributed by atoms with Gasteiger partial charge in [0.05, 0.1) is 12.3 Å². The molecule has 8 nitrogen and oxygen atoms in total. The van der Waals surface area contributed by atoms with Crippen LogP contribution < -0.4 is 21.7 Å². The second-order valence-corrected chi connectivity index (χ2v) is 3.87. The predicted molar refractivity (Wildman–Crippen MR) is 68.7 cm³/mol. The largest absolute Gasteiger partial charge is 0.368 e. The Balaban J connectivity index is 0. The molecule has 0 aromatic rings. The number of amides is 4. The summed E-state index contributed by atoms with van der Waals surface area (Å²) in [5, 5.41) is 7.11. The van der Waals surface area contributed by atoms with E-state index in [1.165, 1.54) is 11.8 Å². The molecule has 0 heterocycles. The first-order chi connectivity index (χ1) is 8.58. The highest BCUT2D eigenvalue weighted by atomic mass is 32.2. The zero-order valence-corrected chi connectivity index (χ0v) is 10.9. The highest BCUT2D eigenvalue weighted by Crippen LogP contribution is 1.96. The van der Waals surface area contributed by atoms with E-state index in [1.54, 1.807) is 7.05 Å². The fraction of sp³-hybridized carbons (Fsp3) is 0.556. The van der Waals surface area contributed by atoms with Crippen LogP contribution in [0.3, 0.4) is 0 Å². The fourth-order valence-corrected chi connectivity index (χ4v) is 1.31. The average molecular weight is 278 g/mol. The van der Waals surface area contributed by atoms with Gasteiger partial charge in [-0.2, -0.15) is 11.8 Å². The van der Waals surface area contributed by atoms with E-state index in [-0.39, 0.29) is 12.5 Å². The maximum atomic E-state index is 10.6. The Hall–Kier alpha value is -1.77. The number of primary amides is 1. The van der Waals surface area contributed by atoms with Gasteiger partial charge in [0.15, 0.2) is 0 Å². The summed E-state index contributed by atoms with van der Waals surface area (Å²) < 4.78 is 0. The second-order valence-electron chi connectivity index (χ2n) is 2.76. The monoisotopic (exact) mass is 278 g/mol. The van der Waals surface area contributed by atoms with Crippen molar-refractivity contribution in [3.8, 4) is 0 Å². The standard InChI is InChI=1S/C6H12N2O2S.C3H6N2O2/c1-7-6(10)4-11-3-2-8-5-9;4-3(7)1-5-2-6/h5H,2-4H2,1H3,(H,7,10)(H,8,9);2H,1H2,(H2,4,7)(H,5,6). The van der Waals surface area contributed by atoms with Crippen LogP contribution in [0.15, 0.2) is 0 Å². The van der Waals surface area contributed by atoms with Gasteiger partial charge >= 0.3 is 0 Å². The van der Waals surface area contributed by atoms with E-state index in [2.05, 4.69) is 21.7 Å². The van der Waals surface area contributed by atoms with E-state index in [4.69, 9.17) is 0 Å². The minimum Gasteiger partial charge on any atom is -0.368 e. The van der Waals surface area contributed by atoms with Crippen LogP contribution >= 0.6 is 11.8 Å². The Labute approximate surface area is 109 Å². The second kappa shape index (κ2) is 15.2. The first-order valence-electron chi connectivity index (χ1n) is 4.99. The quantitative estimate of drug-likeness (QED) is 0.272. The van der Waals surface area contributed by atoms with Crippen LogP contribution in [-0.4, -0.2) is 56.3 Å². The molecule has 0 aromatic carbocycles. The van der Waals surface area contributed by atoms with Gasteiger partial charge in [-0.05, 0) is 0 Å². The summed E-state index contributed by atoms with van der Waals surface area (Å²) in [4.78, 5) is 39.5. The molecule has 0 aliphatic rings. The molecule has 0 aliphatic heterocycles. The lowest BCUT2D eigenvalue weighted by Crippen LogP contribution is -2.27. The van der Waals surface area contributed by atoms with Crippen LogP contribution in [0, 0.1) is 0 Å². The van der Waals surface area contributed by atoms with Crippen LogP contribution in [0.1, 0.15) is 0 Å². The fourth-order valence-electron chi connectivity index (χ4n) is 0.569. The van der Waals surface area contributed by atoms with Crippen molar-refractivity contribution in [1.82, 2.24) is 16.0 Å². The molecule has 5 N–H and O–H groups in total. The number of thioether (sulfide) groups is 1. The summed E-state index contributed by atoms with van der Waals surface area (Å²) in [6.45, 7) is 0.536. The molecule has 0 aromatic heterocycles. The number of rotatable bonds is 9. The van der Waals surface area contributed by atoms with Gasteiger partial charge in [-0.25, -0.2) is 0 Å². The molecule has 0 saturated heterocycles. The topological polar surface area (TPSA) is 130 Å². The van der Waals surface area contributed by atoms with Crippen molar-refractivity contribution in [2.75, 3.05) is 31.6 Å². The summed E-state index contributed by atoms with van der Waals surface area (Å²) in [6, 6.07) is 0. The number of nitrogens with two attached hydrogens (primary N) is 1. The highest BCUT2D eigenvalue weighted by molar-refractivity contribution is 7.99. The normalized spacial score (nSPS) is 8.28. The number of carbonyl (C=O) groups is 4. The van der Waals surface area contributed by atoms with Crippen molar-refractivity contribution in [3.63, 3.8) is 0 Å². The Kier molecular flexibility index (Phi) is 15.7. The molecule has 0 saturated carbocycles. The molecule has 0 aliphatic carbocycles. The molecule has 0 fully saturated rings. The van der Waals surface area contributed by atoms with Crippen molar-refractivity contribution in [3.05, 3.63) is 0 Å². The predicted octanol–water partition coefficient (Wildman–Crippen LogP) is -2.57. The maximum Gasteiger partial charge on any atom is 0.236 e. The van der Waals surface area contributed by atoms with E-state index >= 15 is 0 Å². The van der Waals surface area contributed by atoms with Crippen LogP contribution in [0.4, 0.5) is 0 Å². The molecule has 104 valence electrons. The smallest absolute Gasteiger partial charge is 0.236 e. The SMILES string of the molecule is CNC(=O)CSCCNC=O.NC(=O)CNC=O. The molecule has 18 heavy (non-hydrogen) atoms. The van der Waals surface area contributed by atoms with Crippen molar-refractivity contribution >= 4 is 36.4 Å². The molecule has 0 atom stereocenters. The van der Waals surface area contributed by atoms with E-state index in [9.17, 15) is 19.2 Å². The van der Waals surface area contributed by atoms with Gasteiger partial charge in [-0.15, -0.1) is 0 Å². The summed E-state index contributed by atoms with van der Waals surface area (Å²) in [6.07, 6.45) is 1.07. The minimum absolute atomic E-state index is 0.0149. The van der Waals surface area contributed by atoms with Crippen LogP contribution in [0.25, 0.3) is 0 Å². The molecule has 0 unspecified atom stereocenters. The van der Waals surface area contributed by atoms with E-state index in [1.807, 2.05) is 0 Å². The molecule has 4 amide bonds. The summed E-state index contributed by atoms with van der Waals surface area (Å²) in [5.41, 5.74) is 4.62. The van der Waals surface area contributed by atoms with Gasteiger partial charge in [-0.1, -0.05) is 0 Å². The number of hydrogen-bond donors (Lipinski definition) is 4. The number of carbonyl (C=O) groups excluding carboxylic acids is 4. The van der Waals surface area contributed by atoms with Crippen LogP contribution in [-0.2, 0) is 19.2 Å². The molecule has 0 spiro atoms. The van der Waals surface area contributed by atoms with Crippen molar-refractivity contribution < 1.29 is 19.2 Å². The van der Waals surface area contributed by atoms with Gasteiger partial charge < -0.3 is 21.7 Å². The number of hydrogen-bond acceptors (Lipinski definition) is 5. The Bertz CT molecular complexity index is 263. The first kappa shape index (κ1) is 18.6. The Morgan fingerprint density at radius 2 is 1.83 bits per heavy atom. The summed E-state index contributed by atoms with van der Waals surface area (Å²) >= 11 is 1.49. The molecule has 0 rings (SSSR count). The maximum absolute atomic E-state index is 10.6. The van der Waals surface area contributed by atoms with Crippen molar-refractivity contribution in [1.29, 1.82) is 0 Å². The zero-order valence-electron chi connectivity index (χ0n) is 10.1. The first-order valence-corrected chi connectivity index (χ1v) is 6.14. The van der Waals surface area contributed by atoms with Crippen molar-refractivity contribution in [2.24, 2.45) is 5.73 Å². The van der Waals surface area contributed by atoms with E-state index in [0.29, 0.717) is 25.1 Å². The third-order valence-corrected chi connectivity index (χ3v) is 2.30. The van der Waals surface area contributed by atoms with Gasteiger partial charge in [0.25, 0.3) is 0 Å². The lowest BCUT2D eigenvalue weighted by molar-refractivity contribution is -0.119. The summed E-state index contributed by atoms with van der Waals surface area (Å²) in [5.74, 6) is 0.705. The number of nitrogens with one attached hydrogen (secondary N) is 3. The van der Waals surface area contributed by atoms with Crippen LogP contribution in [0.2, 0.25) is 0 Å². The lowest BCUT2D eigenvalue weighted by atomic mass is 10.6. The van der Waals surface area contributed by atoms with Gasteiger partial charge in [0.2, 0.25) is 24.6 Å². The molecule has 9 heteroatoms. The van der Waals surface area contributed by atoms with Gasteiger partial charge in [-0.3, -0.25) is 19.2 Å². The molecule has 0 bridgehead atoms. The lowest BCUT2D eigenvalue weighted by Gasteiger charge is -1.98. The zero-order chi connectivity index (χ0) is 14.2. The highest BCUT2D eigenvalue weighted by Gasteiger charge is 1.95. The minimum atomic E-state index is -0.535. The van der Waals surface area contributed by atoms with Crippen molar-refractivity contribution in [2.45, 2.75) is 0 Å². The van der Waals surface area contributed by atoms with Gasteiger partial charge in [0.1, 0.15) is 0 Å². The third kappa shape index (κ3) is 19.7. The van der Waals surface area contributed by atoms with Crippen LogP contribution in [0.5, 0.6) is 0 Å². The van der Waals surface area contributed by atoms with E-state index < -0.39 is 5.91 Å². The Morgan fingerprint density at radius 3 is 2.22 bits per heavy atom.